The first-order valence-electron chi connectivity index (χ1n) is 4.88. The van der Waals surface area contributed by atoms with Gasteiger partial charge in [-0.1, -0.05) is 0 Å². The predicted molar refractivity (Wildman–Crippen MR) is 43.1 cm³/mol. The lowest BCUT2D eigenvalue weighted by atomic mass is 9.84. The van der Waals surface area contributed by atoms with Crippen molar-refractivity contribution < 1.29 is 5.11 Å². The molecule has 0 heterocycles. The normalized spacial score (nSPS) is 57.3. The van der Waals surface area contributed by atoms with Crippen molar-refractivity contribution in [1.29, 1.82) is 0 Å². The average molecular weight is 152 g/mol. The Bertz CT molecular complexity index is 203. The first-order valence-corrected chi connectivity index (χ1v) is 4.88. The van der Waals surface area contributed by atoms with Crippen molar-refractivity contribution in [3.05, 3.63) is 0 Å². The van der Waals surface area contributed by atoms with Crippen LogP contribution in [0.3, 0.4) is 0 Å². The molecule has 1 spiro atoms. The topological polar surface area (TPSA) is 20.2 Å². The second kappa shape index (κ2) is 1.52. The van der Waals surface area contributed by atoms with Crippen molar-refractivity contribution in [3.8, 4) is 0 Å². The fourth-order valence-corrected chi connectivity index (χ4v) is 4.00. The van der Waals surface area contributed by atoms with Gasteiger partial charge in [-0.2, -0.15) is 0 Å². The highest BCUT2D eigenvalue weighted by molar-refractivity contribution is 5.18. The van der Waals surface area contributed by atoms with Crippen LogP contribution in [0.5, 0.6) is 0 Å². The lowest BCUT2D eigenvalue weighted by molar-refractivity contribution is -0.00191. The summed E-state index contributed by atoms with van der Waals surface area (Å²) in [5.41, 5.74) is 0.364. The summed E-state index contributed by atoms with van der Waals surface area (Å²) in [5, 5.41) is 10.1. The van der Waals surface area contributed by atoms with Crippen molar-refractivity contribution in [1.82, 2.24) is 0 Å². The molecule has 62 valence electrons. The molecule has 0 aromatic carbocycles. The molecule has 3 saturated carbocycles. The molecule has 1 nitrogen and oxygen atoms in total. The van der Waals surface area contributed by atoms with Gasteiger partial charge in [0, 0.05) is 0 Å². The summed E-state index contributed by atoms with van der Waals surface area (Å²) < 4.78 is 0. The van der Waals surface area contributed by atoms with Crippen LogP contribution in [0.2, 0.25) is 0 Å². The van der Waals surface area contributed by atoms with E-state index in [0.717, 1.165) is 12.3 Å². The van der Waals surface area contributed by atoms with Gasteiger partial charge in [0.1, 0.15) is 0 Å². The molecule has 0 radical (unpaired) electrons. The highest BCUT2D eigenvalue weighted by Crippen LogP contribution is 2.73. The van der Waals surface area contributed by atoms with Crippen molar-refractivity contribution in [2.75, 3.05) is 0 Å². The summed E-state index contributed by atoms with van der Waals surface area (Å²) in [6.45, 7) is 2.05. The van der Waals surface area contributed by atoms with Crippen molar-refractivity contribution >= 4 is 0 Å². The molecule has 11 heavy (non-hydrogen) atoms. The van der Waals surface area contributed by atoms with Crippen LogP contribution < -0.4 is 0 Å². The minimum atomic E-state index is -0.292. The van der Waals surface area contributed by atoms with E-state index in [1.165, 1.54) is 25.7 Å². The maximum atomic E-state index is 10.1. The Morgan fingerprint density at radius 2 is 2.00 bits per heavy atom. The summed E-state index contributed by atoms with van der Waals surface area (Å²) in [4.78, 5) is 0. The van der Waals surface area contributed by atoms with Crippen molar-refractivity contribution in [3.63, 3.8) is 0 Å². The van der Waals surface area contributed by atoms with Gasteiger partial charge in [0.2, 0.25) is 0 Å². The molecular formula is C10H16O. The molecule has 1 heteroatoms. The summed E-state index contributed by atoms with van der Waals surface area (Å²) >= 11 is 0. The van der Waals surface area contributed by atoms with E-state index >= 15 is 0 Å². The molecule has 0 saturated heterocycles. The minimum Gasteiger partial charge on any atom is -0.390 e. The van der Waals surface area contributed by atoms with E-state index in [4.69, 9.17) is 0 Å². The van der Waals surface area contributed by atoms with Crippen molar-refractivity contribution in [2.45, 2.75) is 44.6 Å². The van der Waals surface area contributed by atoms with Crippen LogP contribution in [-0.2, 0) is 0 Å². The van der Waals surface area contributed by atoms with E-state index in [2.05, 4.69) is 6.92 Å². The molecule has 0 aliphatic heterocycles. The number of aliphatic hydroxyl groups is 1. The number of hydrogen-bond donors (Lipinski definition) is 1. The standard InChI is InChI=1S/C10H16O/c1-9(11)6-7-2-3-8(9)10(7)4-5-10/h7-8,11H,2-6H2,1H3/t7-,8+,9-/m1/s1. The van der Waals surface area contributed by atoms with E-state index in [9.17, 15) is 5.11 Å². The Kier molecular flexibility index (Phi) is 0.893. The lowest BCUT2D eigenvalue weighted by Crippen LogP contribution is -2.32. The van der Waals surface area contributed by atoms with Gasteiger partial charge in [-0.15, -0.1) is 0 Å². The Labute approximate surface area is 67.8 Å². The second-order valence-electron chi connectivity index (χ2n) is 5.12. The molecule has 1 N–H and O–H groups in total. The molecular weight excluding hydrogens is 136 g/mol. The zero-order valence-corrected chi connectivity index (χ0v) is 7.14. The van der Waals surface area contributed by atoms with E-state index < -0.39 is 0 Å². The van der Waals surface area contributed by atoms with Gasteiger partial charge in [-0.25, -0.2) is 0 Å². The fraction of sp³-hybridized carbons (Fsp3) is 1.00. The molecule has 0 aromatic heterocycles. The van der Waals surface area contributed by atoms with Crippen LogP contribution in [0.15, 0.2) is 0 Å². The Morgan fingerprint density at radius 1 is 1.27 bits per heavy atom. The first-order chi connectivity index (χ1) is 5.15. The third kappa shape index (κ3) is 0.581. The quantitative estimate of drug-likeness (QED) is 0.562. The van der Waals surface area contributed by atoms with Crippen LogP contribution >= 0.6 is 0 Å². The van der Waals surface area contributed by atoms with Gasteiger partial charge < -0.3 is 5.11 Å². The van der Waals surface area contributed by atoms with Gasteiger partial charge >= 0.3 is 0 Å². The van der Waals surface area contributed by atoms with Crippen LogP contribution in [0.4, 0.5) is 0 Å². The monoisotopic (exact) mass is 152 g/mol. The number of hydrogen-bond acceptors (Lipinski definition) is 1. The molecule has 3 aliphatic rings. The highest BCUT2D eigenvalue weighted by Gasteiger charge is 2.68. The molecule has 3 rings (SSSR count). The van der Waals surface area contributed by atoms with E-state index in [1.807, 2.05) is 0 Å². The van der Waals surface area contributed by atoms with E-state index in [0.29, 0.717) is 11.3 Å². The largest absolute Gasteiger partial charge is 0.390 e. The summed E-state index contributed by atoms with van der Waals surface area (Å²) in [6.07, 6.45) is 6.63. The summed E-state index contributed by atoms with van der Waals surface area (Å²) in [6, 6.07) is 0. The Morgan fingerprint density at radius 3 is 2.27 bits per heavy atom. The maximum absolute atomic E-state index is 10.1. The SMILES string of the molecule is C[C@@]1(O)C[C@H]2CC[C@@H]1C21CC1. The molecule has 0 unspecified atom stereocenters. The first kappa shape index (κ1) is 6.47. The van der Waals surface area contributed by atoms with Crippen LogP contribution in [0.25, 0.3) is 0 Å². The molecule has 0 aromatic rings. The van der Waals surface area contributed by atoms with Gasteiger partial charge in [0.05, 0.1) is 5.60 Å². The van der Waals surface area contributed by atoms with Gasteiger partial charge in [0.25, 0.3) is 0 Å². The van der Waals surface area contributed by atoms with Crippen LogP contribution in [-0.4, -0.2) is 10.7 Å². The van der Waals surface area contributed by atoms with Gasteiger partial charge in [-0.05, 0) is 56.3 Å². The molecule has 0 amide bonds. The molecule has 3 aliphatic carbocycles. The smallest absolute Gasteiger partial charge is 0.0656 e. The minimum absolute atomic E-state index is 0.292. The second-order valence-corrected chi connectivity index (χ2v) is 5.12. The van der Waals surface area contributed by atoms with Gasteiger partial charge in [-0.3, -0.25) is 0 Å². The molecule has 2 bridgehead atoms. The highest BCUT2D eigenvalue weighted by atomic mass is 16.3. The number of rotatable bonds is 0. The van der Waals surface area contributed by atoms with Crippen LogP contribution in [0, 0.1) is 17.3 Å². The third-order valence-electron chi connectivity index (χ3n) is 4.55. The zero-order valence-electron chi connectivity index (χ0n) is 7.14. The van der Waals surface area contributed by atoms with E-state index in [1.54, 1.807) is 0 Å². The van der Waals surface area contributed by atoms with Crippen LogP contribution in [0.1, 0.15) is 39.0 Å². The Balaban J connectivity index is 2.02. The third-order valence-corrected chi connectivity index (χ3v) is 4.55. The average Bonchev–Trinajstić information content (AvgIpc) is 2.54. The lowest BCUT2D eigenvalue weighted by Gasteiger charge is -2.28. The molecule has 3 fully saturated rings. The molecule has 3 atom stereocenters. The zero-order chi connectivity index (χ0) is 7.69. The fourth-order valence-electron chi connectivity index (χ4n) is 4.00. The summed E-state index contributed by atoms with van der Waals surface area (Å²) in [7, 11) is 0. The predicted octanol–water partition coefficient (Wildman–Crippen LogP) is 1.95. The Hall–Kier alpha value is -0.0400. The van der Waals surface area contributed by atoms with Crippen molar-refractivity contribution in [2.24, 2.45) is 17.3 Å². The van der Waals surface area contributed by atoms with Gasteiger partial charge in [0.15, 0.2) is 0 Å². The maximum Gasteiger partial charge on any atom is 0.0656 e. The van der Waals surface area contributed by atoms with E-state index in [-0.39, 0.29) is 5.60 Å². The summed E-state index contributed by atoms with van der Waals surface area (Å²) in [5.74, 6) is 1.56.